The van der Waals surface area contributed by atoms with Gasteiger partial charge in [-0.1, -0.05) is 23.8 Å². The van der Waals surface area contributed by atoms with Crippen LogP contribution in [-0.2, 0) is 21.0 Å². The summed E-state index contributed by atoms with van der Waals surface area (Å²) >= 11 is 1.37. The van der Waals surface area contributed by atoms with E-state index in [2.05, 4.69) is 20.5 Å². The number of nitrogens with zero attached hydrogens (tertiary/aromatic N) is 2. The highest BCUT2D eigenvalue weighted by Gasteiger charge is 2.26. The monoisotopic (exact) mass is 486 g/mol. The zero-order chi connectivity index (χ0) is 24.9. The van der Waals surface area contributed by atoms with Crippen LogP contribution in [0.5, 0.6) is 0 Å². The third kappa shape index (κ3) is 6.88. The van der Waals surface area contributed by atoms with Crippen molar-refractivity contribution in [2.75, 3.05) is 11.9 Å². The number of benzene rings is 1. The van der Waals surface area contributed by atoms with Crippen molar-refractivity contribution in [1.29, 1.82) is 0 Å². The molecule has 3 rings (SSSR count). The highest BCUT2D eigenvalue weighted by atomic mass is 32.1. The lowest BCUT2D eigenvalue weighted by Crippen LogP contribution is -2.38. The Morgan fingerprint density at radius 3 is 2.68 bits per heavy atom. The summed E-state index contributed by atoms with van der Waals surface area (Å²) in [6.45, 7) is 6.63. The Bertz CT molecular complexity index is 1170. The van der Waals surface area contributed by atoms with Crippen molar-refractivity contribution in [3.63, 3.8) is 0 Å². The van der Waals surface area contributed by atoms with E-state index < -0.39 is 22.7 Å². The van der Waals surface area contributed by atoms with Crippen molar-refractivity contribution < 1.29 is 24.3 Å². The van der Waals surface area contributed by atoms with Gasteiger partial charge in [-0.2, -0.15) is 0 Å². The number of amides is 2. The summed E-state index contributed by atoms with van der Waals surface area (Å²) in [6.07, 6.45) is 2.71. The predicted molar refractivity (Wildman–Crippen MR) is 128 cm³/mol. The summed E-state index contributed by atoms with van der Waals surface area (Å²) in [5.41, 5.74) is 1.12. The molecule has 3 aromatic rings. The molecule has 34 heavy (non-hydrogen) atoms. The standard InChI is InChI=1S/C23H26N4O6S/c1-14-5-6-17(16(9-14)13-32-27(30)31)18(11-25-22(29)33-23(2,3)4)21(28)26-20-10-15-7-8-24-12-19(15)34-20/h5-10,12,18H,11,13H2,1-4H3,(H,25,29)(H,26,28)/t18-/m1/s1. The van der Waals surface area contributed by atoms with Gasteiger partial charge in [0.05, 0.1) is 15.6 Å². The normalized spacial score (nSPS) is 12.1. The van der Waals surface area contributed by atoms with Crippen LogP contribution in [-0.4, -0.2) is 34.2 Å². The molecular formula is C23H26N4O6S. The topological polar surface area (TPSA) is 133 Å². The molecular weight excluding hydrogens is 460 g/mol. The molecule has 180 valence electrons. The number of ether oxygens (including phenoxy) is 1. The van der Waals surface area contributed by atoms with E-state index in [1.165, 1.54) is 11.3 Å². The smallest absolute Gasteiger partial charge is 0.407 e. The zero-order valence-corrected chi connectivity index (χ0v) is 20.1. The number of aryl methyl sites for hydroxylation is 1. The van der Waals surface area contributed by atoms with Gasteiger partial charge in [0.2, 0.25) is 5.91 Å². The van der Waals surface area contributed by atoms with Gasteiger partial charge in [0.15, 0.2) is 0 Å². The Morgan fingerprint density at radius 2 is 2.00 bits per heavy atom. The maximum atomic E-state index is 13.4. The fourth-order valence-electron chi connectivity index (χ4n) is 3.32. The molecule has 2 aromatic heterocycles. The summed E-state index contributed by atoms with van der Waals surface area (Å²) in [5, 5.41) is 17.0. The Balaban J connectivity index is 1.89. The molecule has 0 unspecified atom stereocenters. The Hall–Kier alpha value is -3.73. The number of pyridine rings is 1. The van der Waals surface area contributed by atoms with Gasteiger partial charge in [0, 0.05) is 18.9 Å². The molecule has 0 fully saturated rings. The van der Waals surface area contributed by atoms with Gasteiger partial charge in [0.1, 0.15) is 12.2 Å². The summed E-state index contributed by atoms with van der Waals surface area (Å²) in [4.78, 5) is 45.1. The molecule has 10 nitrogen and oxygen atoms in total. The van der Waals surface area contributed by atoms with E-state index in [4.69, 9.17) is 4.74 Å². The van der Waals surface area contributed by atoms with Crippen LogP contribution in [0.3, 0.4) is 0 Å². The molecule has 0 spiro atoms. The van der Waals surface area contributed by atoms with Crippen molar-refractivity contribution >= 4 is 38.4 Å². The Labute approximate surface area is 200 Å². The van der Waals surface area contributed by atoms with Gasteiger partial charge in [-0.15, -0.1) is 21.5 Å². The number of alkyl carbamates (subject to hydrolysis) is 1. The average molecular weight is 487 g/mol. The molecule has 11 heteroatoms. The number of anilines is 1. The summed E-state index contributed by atoms with van der Waals surface area (Å²) in [6, 6.07) is 8.91. The molecule has 2 N–H and O–H groups in total. The maximum absolute atomic E-state index is 13.4. The Morgan fingerprint density at radius 1 is 1.24 bits per heavy atom. The van der Waals surface area contributed by atoms with E-state index in [0.29, 0.717) is 16.1 Å². The van der Waals surface area contributed by atoms with Gasteiger partial charge < -0.3 is 20.2 Å². The Kier molecular flexibility index (Phi) is 7.67. The molecule has 2 amide bonds. The SMILES string of the molecule is Cc1ccc([C@@H](CNC(=O)OC(C)(C)C)C(=O)Nc2cc3ccncc3s2)c(CO[N+](=O)[O-])c1. The second kappa shape index (κ2) is 10.5. The number of fused-ring (bicyclic) bond motifs is 1. The van der Waals surface area contributed by atoms with Crippen LogP contribution in [0.4, 0.5) is 9.80 Å². The van der Waals surface area contributed by atoms with E-state index in [-0.39, 0.29) is 19.1 Å². The summed E-state index contributed by atoms with van der Waals surface area (Å²) in [5.74, 6) is -1.25. The molecule has 0 aliphatic rings. The first-order valence-electron chi connectivity index (χ1n) is 10.5. The highest BCUT2D eigenvalue weighted by Crippen LogP contribution is 2.31. The molecule has 0 radical (unpaired) electrons. The van der Waals surface area contributed by atoms with Crippen LogP contribution in [0.2, 0.25) is 0 Å². The van der Waals surface area contributed by atoms with Crippen molar-refractivity contribution in [2.45, 2.75) is 45.8 Å². The van der Waals surface area contributed by atoms with Crippen LogP contribution < -0.4 is 10.6 Å². The lowest BCUT2D eigenvalue weighted by molar-refractivity contribution is -0.763. The lowest BCUT2D eigenvalue weighted by atomic mass is 9.92. The minimum atomic E-state index is -0.884. The third-order valence-electron chi connectivity index (χ3n) is 4.73. The van der Waals surface area contributed by atoms with Crippen LogP contribution in [0.1, 0.15) is 43.4 Å². The van der Waals surface area contributed by atoms with E-state index in [1.807, 2.05) is 19.1 Å². The summed E-state index contributed by atoms with van der Waals surface area (Å²) < 4.78 is 6.20. The highest BCUT2D eigenvalue weighted by molar-refractivity contribution is 7.22. The number of hydrogen-bond donors (Lipinski definition) is 2. The number of rotatable bonds is 8. The van der Waals surface area contributed by atoms with Crippen molar-refractivity contribution in [3.8, 4) is 0 Å². The first-order chi connectivity index (χ1) is 16.0. The van der Waals surface area contributed by atoms with Gasteiger partial charge >= 0.3 is 6.09 Å². The van der Waals surface area contributed by atoms with E-state index in [1.54, 1.807) is 51.4 Å². The number of carbonyl (C=O) groups is 2. The second-order valence-corrected chi connectivity index (χ2v) is 9.73. The van der Waals surface area contributed by atoms with E-state index >= 15 is 0 Å². The number of aromatic nitrogens is 1. The minimum Gasteiger partial charge on any atom is -0.444 e. The first-order valence-corrected chi connectivity index (χ1v) is 11.3. The zero-order valence-electron chi connectivity index (χ0n) is 19.3. The molecule has 2 heterocycles. The van der Waals surface area contributed by atoms with Gasteiger partial charge in [-0.25, -0.2) is 4.79 Å². The predicted octanol–water partition coefficient (Wildman–Crippen LogP) is 4.56. The molecule has 0 bridgehead atoms. The first kappa shape index (κ1) is 24.9. The molecule has 1 aromatic carbocycles. The fourth-order valence-corrected chi connectivity index (χ4v) is 4.25. The molecule has 0 saturated carbocycles. The van der Waals surface area contributed by atoms with Crippen molar-refractivity contribution in [1.82, 2.24) is 10.3 Å². The lowest BCUT2D eigenvalue weighted by Gasteiger charge is -2.23. The number of carbonyl (C=O) groups excluding carboxylic acids is 2. The molecule has 0 aliphatic heterocycles. The summed E-state index contributed by atoms with van der Waals surface area (Å²) in [7, 11) is 0. The number of nitrogens with one attached hydrogen (secondary N) is 2. The van der Waals surface area contributed by atoms with Crippen LogP contribution in [0.15, 0.2) is 42.7 Å². The maximum Gasteiger partial charge on any atom is 0.407 e. The number of hydrogen-bond acceptors (Lipinski definition) is 8. The van der Waals surface area contributed by atoms with Gasteiger partial charge in [-0.05, 0) is 56.3 Å². The second-order valence-electron chi connectivity index (χ2n) is 8.65. The molecule has 1 atom stereocenters. The van der Waals surface area contributed by atoms with Crippen LogP contribution in [0.25, 0.3) is 10.1 Å². The van der Waals surface area contributed by atoms with Crippen molar-refractivity contribution in [2.24, 2.45) is 0 Å². The van der Waals surface area contributed by atoms with Crippen LogP contribution in [0, 0.1) is 17.0 Å². The van der Waals surface area contributed by atoms with Gasteiger partial charge in [0.25, 0.3) is 5.09 Å². The third-order valence-corrected chi connectivity index (χ3v) is 5.74. The molecule has 0 saturated heterocycles. The van der Waals surface area contributed by atoms with Crippen LogP contribution >= 0.6 is 11.3 Å². The van der Waals surface area contributed by atoms with Gasteiger partial charge in [-0.3, -0.25) is 9.78 Å². The quantitative estimate of drug-likeness (QED) is 0.352. The number of thiophene rings is 1. The fraction of sp³-hybridized carbons (Fsp3) is 0.348. The average Bonchev–Trinajstić information content (AvgIpc) is 3.14. The van der Waals surface area contributed by atoms with E-state index in [9.17, 15) is 19.7 Å². The molecule has 0 aliphatic carbocycles. The largest absolute Gasteiger partial charge is 0.444 e. The van der Waals surface area contributed by atoms with Crippen molar-refractivity contribution in [3.05, 3.63) is 69.5 Å². The minimum absolute atomic E-state index is 0.0816. The van der Waals surface area contributed by atoms with E-state index in [0.717, 1.165) is 15.6 Å².